The molecule has 2 rings (SSSR count). The van der Waals surface area contributed by atoms with Crippen LogP contribution in [0.15, 0.2) is 24.3 Å². The molecule has 1 atom stereocenters. The maximum absolute atomic E-state index is 12.0. The molecule has 2 N–H and O–H groups in total. The number of hydrogen-bond acceptors (Lipinski definition) is 4. The maximum Gasteiger partial charge on any atom is 0.234 e. The molecule has 1 aliphatic rings. The van der Waals surface area contributed by atoms with Crippen molar-refractivity contribution in [3.63, 3.8) is 0 Å². The first kappa shape index (κ1) is 17.8. The molecule has 1 aliphatic heterocycles. The number of benzene rings is 1. The predicted octanol–water partition coefficient (Wildman–Crippen LogP) is 1.58. The van der Waals surface area contributed by atoms with Crippen LogP contribution in [0.5, 0.6) is 5.75 Å². The van der Waals surface area contributed by atoms with E-state index in [1.54, 1.807) is 0 Å². The van der Waals surface area contributed by atoms with E-state index in [0.29, 0.717) is 19.7 Å². The Morgan fingerprint density at radius 3 is 3.04 bits per heavy atom. The van der Waals surface area contributed by atoms with Crippen LogP contribution >= 0.6 is 0 Å². The number of piperidine rings is 1. The number of amides is 1. The average molecular weight is 320 g/mol. The average Bonchev–Trinajstić information content (AvgIpc) is 2.52. The molecule has 0 saturated carbocycles. The number of carbonyl (C=O) groups is 1. The number of likely N-dealkylation sites (tertiary alicyclic amines) is 1. The van der Waals surface area contributed by atoms with Crippen LogP contribution in [0.1, 0.15) is 25.3 Å². The highest BCUT2D eigenvalue weighted by atomic mass is 16.5. The number of aliphatic hydroxyl groups excluding tert-OH is 1. The van der Waals surface area contributed by atoms with Crippen LogP contribution in [0, 0.1) is 12.3 Å². The molecule has 1 unspecified atom stereocenters. The molecule has 23 heavy (non-hydrogen) atoms. The summed E-state index contributed by atoms with van der Waals surface area (Å²) in [6.45, 7) is 7.32. The molecule has 1 amide bonds. The van der Waals surface area contributed by atoms with Gasteiger partial charge < -0.3 is 15.2 Å². The Labute approximate surface area is 138 Å². The Kier molecular flexibility index (Phi) is 6.42. The van der Waals surface area contributed by atoms with Crippen molar-refractivity contribution in [3.05, 3.63) is 29.8 Å². The van der Waals surface area contributed by atoms with Crippen LogP contribution in [0.25, 0.3) is 0 Å². The molecule has 1 saturated heterocycles. The number of aliphatic hydroxyl groups is 1. The van der Waals surface area contributed by atoms with E-state index in [0.717, 1.165) is 37.2 Å². The van der Waals surface area contributed by atoms with Crippen molar-refractivity contribution in [1.82, 2.24) is 10.2 Å². The van der Waals surface area contributed by atoms with Crippen molar-refractivity contribution >= 4 is 5.91 Å². The zero-order valence-corrected chi connectivity index (χ0v) is 14.2. The lowest BCUT2D eigenvalue weighted by Gasteiger charge is -2.38. The zero-order chi connectivity index (χ0) is 16.7. The second-order valence-corrected chi connectivity index (χ2v) is 6.80. The molecule has 5 heteroatoms. The fraction of sp³-hybridized carbons (Fsp3) is 0.611. The SMILES string of the molecule is Cc1cccc(OCCNC(=O)CN2CCCC(C)(CO)C2)c1. The van der Waals surface area contributed by atoms with E-state index < -0.39 is 0 Å². The Balaban J connectivity index is 1.65. The summed E-state index contributed by atoms with van der Waals surface area (Å²) in [4.78, 5) is 14.1. The number of hydrogen-bond donors (Lipinski definition) is 2. The summed E-state index contributed by atoms with van der Waals surface area (Å²) >= 11 is 0. The lowest BCUT2D eigenvalue weighted by Crippen LogP contribution is -2.47. The standard InChI is InChI=1S/C18H28N2O3/c1-15-5-3-6-16(11-15)23-10-8-19-17(22)12-20-9-4-7-18(2,13-20)14-21/h3,5-6,11,21H,4,7-10,12-14H2,1-2H3,(H,19,22). The van der Waals surface area contributed by atoms with Crippen LogP contribution in [-0.4, -0.2) is 55.3 Å². The van der Waals surface area contributed by atoms with Gasteiger partial charge in [-0.05, 0) is 44.0 Å². The molecule has 1 heterocycles. The predicted molar refractivity (Wildman–Crippen MR) is 90.6 cm³/mol. The Morgan fingerprint density at radius 2 is 2.30 bits per heavy atom. The van der Waals surface area contributed by atoms with Gasteiger partial charge >= 0.3 is 0 Å². The van der Waals surface area contributed by atoms with Crippen LogP contribution in [0.4, 0.5) is 0 Å². The highest BCUT2D eigenvalue weighted by Gasteiger charge is 2.30. The van der Waals surface area contributed by atoms with Crippen LogP contribution in [0.2, 0.25) is 0 Å². The van der Waals surface area contributed by atoms with Crippen molar-refractivity contribution in [2.45, 2.75) is 26.7 Å². The van der Waals surface area contributed by atoms with Gasteiger partial charge in [0.15, 0.2) is 0 Å². The fourth-order valence-electron chi connectivity index (χ4n) is 3.01. The molecule has 128 valence electrons. The highest BCUT2D eigenvalue weighted by molar-refractivity contribution is 5.78. The largest absolute Gasteiger partial charge is 0.492 e. The molecule has 5 nitrogen and oxygen atoms in total. The van der Waals surface area contributed by atoms with Crippen LogP contribution in [-0.2, 0) is 4.79 Å². The van der Waals surface area contributed by atoms with Gasteiger partial charge in [-0.25, -0.2) is 0 Å². The molecular formula is C18H28N2O3. The van der Waals surface area contributed by atoms with Gasteiger partial charge in [0.1, 0.15) is 12.4 Å². The molecular weight excluding hydrogens is 292 g/mol. The van der Waals surface area contributed by atoms with Gasteiger partial charge in [0.2, 0.25) is 5.91 Å². The molecule has 1 aromatic rings. The van der Waals surface area contributed by atoms with Gasteiger partial charge in [-0.15, -0.1) is 0 Å². The van der Waals surface area contributed by atoms with Crippen molar-refractivity contribution in [3.8, 4) is 5.75 Å². The minimum absolute atomic E-state index is 0.0139. The van der Waals surface area contributed by atoms with E-state index in [1.807, 2.05) is 31.2 Å². The molecule has 0 aromatic heterocycles. The number of ether oxygens (including phenoxy) is 1. The van der Waals surface area contributed by atoms with Gasteiger partial charge in [-0.1, -0.05) is 19.1 Å². The summed E-state index contributed by atoms with van der Waals surface area (Å²) in [5.41, 5.74) is 1.08. The normalized spacial score (nSPS) is 21.9. The molecule has 0 spiro atoms. The number of rotatable bonds is 7. The third-order valence-electron chi connectivity index (χ3n) is 4.29. The first-order valence-electron chi connectivity index (χ1n) is 8.30. The van der Waals surface area contributed by atoms with E-state index >= 15 is 0 Å². The summed E-state index contributed by atoms with van der Waals surface area (Å²) in [6, 6.07) is 7.87. The molecule has 1 fully saturated rings. The third-order valence-corrected chi connectivity index (χ3v) is 4.29. The van der Waals surface area contributed by atoms with E-state index in [-0.39, 0.29) is 17.9 Å². The van der Waals surface area contributed by atoms with Gasteiger partial charge in [-0.3, -0.25) is 9.69 Å². The second kappa shape index (κ2) is 8.31. The lowest BCUT2D eigenvalue weighted by atomic mass is 9.83. The Hall–Kier alpha value is -1.59. The first-order chi connectivity index (χ1) is 11.0. The van der Waals surface area contributed by atoms with E-state index in [4.69, 9.17) is 4.74 Å². The van der Waals surface area contributed by atoms with Crippen LogP contribution < -0.4 is 10.1 Å². The molecule has 0 bridgehead atoms. The quantitative estimate of drug-likeness (QED) is 0.749. The zero-order valence-electron chi connectivity index (χ0n) is 14.2. The van der Waals surface area contributed by atoms with Crippen LogP contribution in [0.3, 0.4) is 0 Å². The number of nitrogens with zero attached hydrogens (tertiary/aromatic N) is 1. The van der Waals surface area contributed by atoms with E-state index in [9.17, 15) is 9.90 Å². The lowest BCUT2D eigenvalue weighted by molar-refractivity contribution is -0.123. The minimum Gasteiger partial charge on any atom is -0.492 e. The van der Waals surface area contributed by atoms with E-state index in [1.165, 1.54) is 0 Å². The smallest absolute Gasteiger partial charge is 0.234 e. The number of nitrogens with one attached hydrogen (secondary N) is 1. The van der Waals surface area contributed by atoms with Crippen molar-refractivity contribution in [2.24, 2.45) is 5.41 Å². The van der Waals surface area contributed by atoms with Gasteiger partial charge in [0.05, 0.1) is 13.1 Å². The summed E-state index contributed by atoms with van der Waals surface area (Å²) < 4.78 is 5.62. The monoisotopic (exact) mass is 320 g/mol. The summed E-state index contributed by atoms with van der Waals surface area (Å²) in [6.07, 6.45) is 2.05. The molecule has 1 aromatic carbocycles. The molecule has 0 aliphatic carbocycles. The van der Waals surface area contributed by atoms with Crippen molar-refractivity contribution in [1.29, 1.82) is 0 Å². The summed E-state index contributed by atoms with van der Waals surface area (Å²) in [7, 11) is 0. The van der Waals surface area contributed by atoms with Gasteiger partial charge in [0, 0.05) is 18.6 Å². The first-order valence-corrected chi connectivity index (χ1v) is 8.30. The second-order valence-electron chi connectivity index (χ2n) is 6.80. The molecule has 0 radical (unpaired) electrons. The number of carbonyl (C=O) groups excluding carboxylic acids is 1. The third kappa shape index (κ3) is 5.84. The Bertz CT molecular complexity index is 521. The topological polar surface area (TPSA) is 61.8 Å². The Morgan fingerprint density at radius 1 is 1.48 bits per heavy atom. The fourth-order valence-corrected chi connectivity index (χ4v) is 3.01. The highest BCUT2D eigenvalue weighted by Crippen LogP contribution is 2.28. The summed E-state index contributed by atoms with van der Waals surface area (Å²) in [5, 5.41) is 12.4. The van der Waals surface area contributed by atoms with Crippen molar-refractivity contribution < 1.29 is 14.6 Å². The van der Waals surface area contributed by atoms with Crippen molar-refractivity contribution in [2.75, 3.05) is 39.4 Å². The van der Waals surface area contributed by atoms with E-state index in [2.05, 4.69) is 17.1 Å². The van der Waals surface area contributed by atoms with Gasteiger partial charge in [0.25, 0.3) is 0 Å². The maximum atomic E-state index is 12.0. The minimum atomic E-state index is -0.0766. The summed E-state index contributed by atoms with van der Waals surface area (Å²) in [5.74, 6) is 0.842. The number of aryl methyl sites for hydroxylation is 1. The van der Waals surface area contributed by atoms with Gasteiger partial charge in [-0.2, -0.15) is 0 Å².